The van der Waals surface area contributed by atoms with Crippen molar-refractivity contribution in [2.75, 3.05) is 57.3 Å². The van der Waals surface area contributed by atoms with Gasteiger partial charge in [0.1, 0.15) is 0 Å². The van der Waals surface area contributed by atoms with Crippen molar-refractivity contribution in [3.63, 3.8) is 0 Å². The first kappa shape index (κ1) is 19.9. The normalized spacial score (nSPS) is 21.5. The Morgan fingerprint density at radius 1 is 1.07 bits per heavy atom. The van der Waals surface area contributed by atoms with E-state index < -0.39 is 0 Å². The van der Waals surface area contributed by atoms with Gasteiger partial charge in [-0.1, -0.05) is 18.2 Å². The molecule has 2 aromatic rings. The number of benzene rings is 1. The number of para-hydroxylation sites is 1. The van der Waals surface area contributed by atoms with E-state index >= 15 is 0 Å². The van der Waals surface area contributed by atoms with Crippen LogP contribution < -0.4 is 4.90 Å². The van der Waals surface area contributed by atoms with Crippen molar-refractivity contribution in [2.45, 2.75) is 19.5 Å². The van der Waals surface area contributed by atoms with Gasteiger partial charge < -0.3 is 9.80 Å². The molecule has 2 aliphatic rings. The van der Waals surface area contributed by atoms with E-state index in [1.54, 1.807) is 0 Å². The fraction of sp³-hybridized carbons (Fsp3) is 0.545. The van der Waals surface area contributed by atoms with Crippen LogP contribution in [0.4, 0.5) is 5.69 Å². The number of hydrogen-bond donors (Lipinski definition) is 0. The summed E-state index contributed by atoms with van der Waals surface area (Å²) >= 11 is 0. The van der Waals surface area contributed by atoms with E-state index in [2.05, 4.69) is 57.2 Å². The molecule has 0 spiro atoms. The number of rotatable bonds is 5. The summed E-state index contributed by atoms with van der Waals surface area (Å²) in [5.74, 6) is 0.269. The second-order valence-corrected chi connectivity index (χ2v) is 8.28. The van der Waals surface area contributed by atoms with Crippen LogP contribution in [0.2, 0.25) is 0 Å². The van der Waals surface area contributed by atoms with E-state index in [-0.39, 0.29) is 5.91 Å². The molecule has 2 aliphatic heterocycles. The van der Waals surface area contributed by atoms with E-state index in [0.29, 0.717) is 12.6 Å². The van der Waals surface area contributed by atoms with Crippen LogP contribution in [0.15, 0.2) is 42.7 Å². The van der Waals surface area contributed by atoms with Crippen LogP contribution in [0.3, 0.4) is 0 Å². The Hall–Kier alpha value is -2.38. The monoisotopic (exact) mass is 396 g/mol. The molecule has 0 radical (unpaired) electrons. The van der Waals surface area contributed by atoms with Crippen molar-refractivity contribution in [1.82, 2.24) is 24.5 Å². The van der Waals surface area contributed by atoms with Gasteiger partial charge in [0.2, 0.25) is 5.91 Å². The minimum atomic E-state index is 0.269. The highest BCUT2D eigenvalue weighted by molar-refractivity contribution is 5.78. The third-order valence-corrected chi connectivity index (χ3v) is 6.11. The lowest BCUT2D eigenvalue weighted by molar-refractivity contribution is -0.133. The van der Waals surface area contributed by atoms with E-state index in [1.165, 1.54) is 11.3 Å². The lowest BCUT2D eigenvalue weighted by atomic mass is 10.1. The maximum Gasteiger partial charge on any atom is 0.236 e. The third-order valence-electron chi connectivity index (χ3n) is 6.11. The number of hydrogen-bond acceptors (Lipinski definition) is 5. The van der Waals surface area contributed by atoms with Crippen LogP contribution in [0.1, 0.15) is 12.5 Å². The van der Waals surface area contributed by atoms with Gasteiger partial charge in [0.05, 0.1) is 12.7 Å². The number of carbonyl (C=O) groups excluding carboxylic acids is 1. The second kappa shape index (κ2) is 8.97. The molecule has 29 heavy (non-hydrogen) atoms. The van der Waals surface area contributed by atoms with Crippen molar-refractivity contribution < 1.29 is 4.79 Å². The van der Waals surface area contributed by atoms with Gasteiger partial charge >= 0.3 is 0 Å². The SMILES string of the molecule is CC1CN(CC(=O)N2CCN(c3ccccc3)CC2)CCN1Cc1cnn(C)c1. The zero-order chi connectivity index (χ0) is 20.2. The highest BCUT2D eigenvalue weighted by Crippen LogP contribution is 2.17. The Morgan fingerprint density at radius 3 is 2.48 bits per heavy atom. The minimum Gasteiger partial charge on any atom is -0.368 e. The number of anilines is 1. The first-order valence-electron chi connectivity index (χ1n) is 10.6. The number of nitrogens with zero attached hydrogens (tertiary/aromatic N) is 6. The van der Waals surface area contributed by atoms with Crippen LogP contribution in [0.25, 0.3) is 0 Å². The Morgan fingerprint density at radius 2 is 1.83 bits per heavy atom. The molecular weight excluding hydrogens is 364 g/mol. The highest BCUT2D eigenvalue weighted by Gasteiger charge is 2.28. The van der Waals surface area contributed by atoms with Crippen molar-refractivity contribution in [2.24, 2.45) is 7.05 Å². The largest absolute Gasteiger partial charge is 0.368 e. The Labute approximate surface area is 173 Å². The summed E-state index contributed by atoms with van der Waals surface area (Å²) in [6.45, 7) is 10.0. The number of piperazine rings is 2. The van der Waals surface area contributed by atoms with E-state index in [0.717, 1.165) is 52.4 Å². The topological polar surface area (TPSA) is 47.9 Å². The molecule has 0 saturated carbocycles. The summed E-state index contributed by atoms with van der Waals surface area (Å²) in [5.41, 5.74) is 2.50. The van der Waals surface area contributed by atoms with Gasteiger partial charge in [-0.25, -0.2) is 0 Å². The molecule has 7 nitrogen and oxygen atoms in total. The van der Waals surface area contributed by atoms with Crippen LogP contribution in [0, 0.1) is 0 Å². The minimum absolute atomic E-state index is 0.269. The van der Waals surface area contributed by atoms with Crippen LogP contribution in [-0.4, -0.2) is 88.8 Å². The molecule has 2 fully saturated rings. The maximum atomic E-state index is 12.8. The Bertz CT molecular complexity index is 799. The maximum absolute atomic E-state index is 12.8. The molecule has 0 N–H and O–H groups in total. The quantitative estimate of drug-likeness (QED) is 0.762. The molecule has 0 aliphatic carbocycles. The van der Waals surface area contributed by atoms with E-state index in [4.69, 9.17) is 0 Å². The lowest BCUT2D eigenvalue weighted by Crippen LogP contribution is -2.55. The van der Waals surface area contributed by atoms with Gasteiger partial charge in [0.25, 0.3) is 0 Å². The molecule has 1 atom stereocenters. The molecule has 1 aromatic carbocycles. The molecule has 4 rings (SSSR count). The van der Waals surface area contributed by atoms with Crippen molar-refractivity contribution in [3.05, 3.63) is 48.3 Å². The summed E-state index contributed by atoms with van der Waals surface area (Å²) in [6.07, 6.45) is 4.02. The molecule has 1 amide bonds. The highest BCUT2D eigenvalue weighted by atomic mass is 16.2. The molecular formula is C22H32N6O. The Kier molecular flexibility index (Phi) is 6.16. The number of amides is 1. The summed E-state index contributed by atoms with van der Waals surface area (Å²) in [7, 11) is 1.95. The van der Waals surface area contributed by atoms with Crippen LogP contribution in [0.5, 0.6) is 0 Å². The number of aryl methyl sites for hydroxylation is 1. The van der Waals surface area contributed by atoms with E-state index in [1.807, 2.05) is 28.9 Å². The Balaban J connectivity index is 1.22. The van der Waals surface area contributed by atoms with Gasteiger partial charge in [-0.2, -0.15) is 5.10 Å². The molecule has 1 unspecified atom stereocenters. The van der Waals surface area contributed by atoms with Crippen molar-refractivity contribution in [1.29, 1.82) is 0 Å². The molecule has 1 aromatic heterocycles. The van der Waals surface area contributed by atoms with Crippen molar-refractivity contribution >= 4 is 11.6 Å². The van der Waals surface area contributed by atoms with Gasteiger partial charge in [-0.3, -0.25) is 19.3 Å². The average Bonchev–Trinajstić information content (AvgIpc) is 3.15. The predicted molar refractivity (Wildman–Crippen MR) is 115 cm³/mol. The first-order chi connectivity index (χ1) is 14.1. The number of carbonyl (C=O) groups is 1. The van der Waals surface area contributed by atoms with Gasteiger partial charge in [0.15, 0.2) is 0 Å². The number of aromatic nitrogens is 2. The van der Waals surface area contributed by atoms with Gasteiger partial charge in [-0.05, 0) is 19.1 Å². The smallest absolute Gasteiger partial charge is 0.236 e. The van der Waals surface area contributed by atoms with Crippen LogP contribution in [-0.2, 0) is 18.4 Å². The fourth-order valence-electron chi connectivity index (χ4n) is 4.38. The lowest BCUT2D eigenvalue weighted by Gasteiger charge is -2.41. The standard InChI is InChI=1S/C22H32N6O/c1-19-15-25(8-9-28(19)17-20-14-23-24(2)16-20)18-22(29)27-12-10-26(11-13-27)21-6-4-3-5-7-21/h3-7,14,16,19H,8-13,15,17-18H2,1-2H3. The third kappa shape index (κ3) is 4.97. The molecule has 2 saturated heterocycles. The predicted octanol–water partition coefficient (Wildman–Crippen LogP) is 1.28. The van der Waals surface area contributed by atoms with Gasteiger partial charge in [0, 0.05) is 82.9 Å². The average molecular weight is 397 g/mol. The van der Waals surface area contributed by atoms with Crippen LogP contribution >= 0.6 is 0 Å². The summed E-state index contributed by atoms with van der Waals surface area (Å²) in [4.78, 5) is 22.0. The zero-order valence-electron chi connectivity index (χ0n) is 17.6. The molecule has 0 bridgehead atoms. The van der Waals surface area contributed by atoms with E-state index in [9.17, 15) is 4.79 Å². The zero-order valence-corrected chi connectivity index (χ0v) is 17.6. The van der Waals surface area contributed by atoms with Crippen molar-refractivity contribution in [3.8, 4) is 0 Å². The molecule has 3 heterocycles. The second-order valence-electron chi connectivity index (χ2n) is 8.28. The van der Waals surface area contributed by atoms with Gasteiger partial charge in [-0.15, -0.1) is 0 Å². The molecule has 7 heteroatoms. The summed E-state index contributed by atoms with van der Waals surface area (Å²) in [5, 5.41) is 4.26. The molecule has 156 valence electrons. The summed E-state index contributed by atoms with van der Waals surface area (Å²) in [6, 6.07) is 10.9. The fourth-order valence-corrected chi connectivity index (χ4v) is 4.38. The first-order valence-corrected chi connectivity index (χ1v) is 10.6. The summed E-state index contributed by atoms with van der Waals surface area (Å²) < 4.78 is 1.85.